The molecule has 0 saturated carbocycles. The van der Waals surface area contributed by atoms with E-state index in [0.29, 0.717) is 19.3 Å². The quantitative estimate of drug-likeness (QED) is 0.121. The van der Waals surface area contributed by atoms with E-state index in [9.17, 15) is 33.9 Å². The number of nitrogens with two attached hydrogens (primary N) is 1. The smallest absolute Gasteiger partial charge is 0.326 e. The van der Waals surface area contributed by atoms with Crippen molar-refractivity contribution in [2.45, 2.75) is 69.5 Å². The van der Waals surface area contributed by atoms with Crippen LogP contribution < -0.4 is 21.7 Å². The highest BCUT2D eigenvalue weighted by molar-refractivity contribution is 5.86. The Hall–Kier alpha value is -3.42. The molecule has 3 atom stereocenters. The number of nitrogens with one attached hydrogen (secondary N) is 3. The third-order valence-corrected chi connectivity index (χ3v) is 4.33. The number of carboxylic acid groups (broad SMARTS) is 4. The lowest BCUT2D eigenvalue weighted by molar-refractivity contribution is -0.141. The molecule has 0 saturated heterocycles. The molecule has 0 rings (SSSR count). The number of amides is 3. The zero-order chi connectivity index (χ0) is 24.7. The maximum absolute atomic E-state index is 11.9. The molecule has 0 spiro atoms. The second kappa shape index (κ2) is 15.4. The molecule has 0 aromatic carbocycles. The van der Waals surface area contributed by atoms with Gasteiger partial charge in [0.05, 0.1) is 0 Å². The molecule has 0 aliphatic carbocycles. The standard InChI is InChI=1S/C18H30N4O10/c19-10(15(26)27)4-3-6-13(23)20-9-2-1-5-11(16(28)29)21-18(32)22-12(17(30)31)7-8-14(24)25/h10-12H,1-9,19H2,(H,20,23)(H,24,25)(H,26,27)(H,28,29)(H,30,31)(H2,21,22,32)/t10-,11-,12-/m0/s1. The number of carboxylic acids is 4. The first-order valence-corrected chi connectivity index (χ1v) is 9.93. The highest BCUT2D eigenvalue weighted by Crippen LogP contribution is 2.04. The number of urea groups is 1. The Kier molecular flexibility index (Phi) is 13.7. The van der Waals surface area contributed by atoms with Gasteiger partial charge in [0, 0.05) is 19.4 Å². The molecule has 32 heavy (non-hydrogen) atoms. The van der Waals surface area contributed by atoms with Gasteiger partial charge >= 0.3 is 29.9 Å². The van der Waals surface area contributed by atoms with E-state index in [-0.39, 0.29) is 38.1 Å². The number of aliphatic carboxylic acids is 4. The third kappa shape index (κ3) is 13.7. The fraction of sp³-hybridized carbons (Fsp3) is 0.667. The summed E-state index contributed by atoms with van der Waals surface area (Å²) in [6.45, 7) is 0.249. The molecular weight excluding hydrogens is 432 g/mol. The largest absolute Gasteiger partial charge is 0.481 e. The van der Waals surface area contributed by atoms with Crippen molar-refractivity contribution in [3.8, 4) is 0 Å². The van der Waals surface area contributed by atoms with Crippen LogP contribution in [0.2, 0.25) is 0 Å². The van der Waals surface area contributed by atoms with Gasteiger partial charge in [-0.2, -0.15) is 0 Å². The second-order valence-electron chi connectivity index (χ2n) is 7.01. The maximum atomic E-state index is 11.9. The molecule has 0 aliphatic rings. The van der Waals surface area contributed by atoms with Gasteiger partial charge in [-0.25, -0.2) is 14.4 Å². The summed E-state index contributed by atoms with van der Waals surface area (Å²) >= 11 is 0. The van der Waals surface area contributed by atoms with Gasteiger partial charge in [-0.05, 0) is 38.5 Å². The average Bonchev–Trinajstić information content (AvgIpc) is 2.69. The van der Waals surface area contributed by atoms with Gasteiger partial charge in [0.25, 0.3) is 0 Å². The van der Waals surface area contributed by atoms with E-state index in [1.54, 1.807) is 0 Å². The minimum absolute atomic E-state index is 0.0129. The van der Waals surface area contributed by atoms with Gasteiger partial charge < -0.3 is 42.1 Å². The highest BCUT2D eigenvalue weighted by Gasteiger charge is 2.24. The van der Waals surface area contributed by atoms with Crippen LogP contribution in [0.15, 0.2) is 0 Å². The van der Waals surface area contributed by atoms with Crippen molar-refractivity contribution in [1.29, 1.82) is 0 Å². The van der Waals surface area contributed by atoms with E-state index in [1.165, 1.54) is 0 Å². The monoisotopic (exact) mass is 462 g/mol. The van der Waals surface area contributed by atoms with E-state index in [1.807, 2.05) is 5.32 Å². The number of hydrogen-bond acceptors (Lipinski definition) is 7. The molecule has 0 unspecified atom stereocenters. The molecule has 14 heteroatoms. The predicted molar refractivity (Wildman–Crippen MR) is 108 cm³/mol. The Morgan fingerprint density at radius 2 is 1.25 bits per heavy atom. The summed E-state index contributed by atoms with van der Waals surface area (Å²) in [5.41, 5.74) is 5.33. The Morgan fingerprint density at radius 1 is 0.688 bits per heavy atom. The summed E-state index contributed by atoms with van der Waals surface area (Å²) in [5.74, 6) is -5.46. The summed E-state index contributed by atoms with van der Waals surface area (Å²) in [6, 6.07) is -4.87. The van der Waals surface area contributed by atoms with Crippen molar-refractivity contribution in [2.75, 3.05) is 6.54 Å². The van der Waals surface area contributed by atoms with Crippen LogP contribution >= 0.6 is 0 Å². The minimum Gasteiger partial charge on any atom is -0.481 e. The van der Waals surface area contributed by atoms with Gasteiger partial charge in [0.15, 0.2) is 0 Å². The predicted octanol–water partition coefficient (Wildman–Crippen LogP) is -1.07. The molecule has 0 bridgehead atoms. The summed E-state index contributed by atoms with van der Waals surface area (Å²) in [7, 11) is 0. The van der Waals surface area contributed by atoms with Crippen LogP contribution in [0.25, 0.3) is 0 Å². The second-order valence-corrected chi connectivity index (χ2v) is 7.01. The van der Waals surface area contributed by atoms with E-state index >= 15 is 0 Å². The van der Waals surface area contributed by atoms with Gasteiger partial charge in [-0.3, -0.25) is 14.4 Å². The summed E-state index contributed by atoms with van der Waals surface area (Å²) < 4.78 is 0. The summed E-state index contributed by atoms with van der Waals surface area (Å²) in [6.07, 6.45) is 0.465. The number of rotatable bonds is 17. The summed E-state index contributed by atoms with van der Waals surface area (Å²) in [4.78, 5) is 67.0. The lowest BCUT2D eigenvalue weighted by Crippen LogP contribution is -2.51. The average molecular weight is 462 g/mol. The Labute approximate surface area is 183 Å². The van der Waals surface area contributed by atoms with Crippen LogP contribution in [0, 0.1) is 0 Å². The number of hydrogen-bond donors (Lipinski definition) is 8. The molecule has 0 heterocycles. The van der Waals surface area contributed by atoms with Crippen LogP contribution in [-0.4, -0.2) is 80.9 Å². The molecule has 0 fully saturated rings. The highest BCUT2D eigenvalue weighted by atomic mass is 16.4. The number of carbonyl (C=O) groups is 6. The van der Waals surface area contributed by atoms with Crippen molar-refractivity contribution in [1.82, 2.24) is 16.0 Å². The molecule has 0 aromatic rings. The molecule has 3 amide bonds. The zero-order valence-electron chi connectivity index (χ0n) is 17.4. The molecular formula is C18H30N4O10. The molecule has 9 N–H and O–H groups in total. The lowest BCUT2D eigenvalue weighted by atomic mass is 10.1. The van der Waals surface area contributed by atoms with Crippen molar-refractivity contribution < 1.29 is 49.2 Å². The number of carbonyl (C=O) groups excluding carboxylic acids is 2. The van der Waals surface area contributed by atoms with Gasteiger partial charge in [0.2, 0.25) is 5.91 Å². The van der Waals surface area contributed by atoms with Gasteiger partial charge in [0.1, 0.15) is 18.1 Å². The molecule has 0 aromatic heterocycles. The van der Waals surface area contributed by atoms with Crippen molar-refractivity contribution in [3.63, 3.8) is 0 Å². The molecule has 0 aliphatic heterocycles. The normalized spacial score (nSPS) is 13.3. The van der Waals surface area contributed by atoms with E-state index in [4.69, 9.17) is 21.1 Å². The van der Waals surface area contributed by atoms with Crippen LogP contribution in [0.5, 0.6) is 0 Å². The Balaban J connectivity index is 4.26. The van der Waals surface area contributed by atoms with Gasteiger partial charge in [-0.15, -0.1) is 0 Å². The van der Waals surface area contributed by atoms with Crippen LogP contribution in [-0.2, 0) is 24.0 Å². The van der Waals surface area contributed by atoms with E-state index in [0.717, 1.165) is 0 Å². The zero-order valence-corrected chi connectivity index (χ0v) is 17.4. The van der Waals surface area contributed by atoms with E-state index in [2.05, 4.69) is 10.6 Å². The van der Waals surface area contributed by atoms with Gasteiger partial charge in [-0.1, -0.05) is 0 Å². The molecule has 0 radical (unpaired) electrons. The van der Waals surface area contributed by atoms with Crippen LogP contribution in [0.1, 0.15) is 51.4 Å². The van der Waals surface area contributed by atoms with Crippen molar-refractivity contribution in [3.05, 3.63) is 0 Å². The minimum atomic E-state index is -1.49. The topological polar surface area (TPSA) is 245 Å². The fourth-order valence-electron chi connectivity index (χ4n) is 2.54. The molecule has 182 valence electrons. The Bertz CT molecular complexity index is 685. The maximum Gasteiger partial charge on any atom is 0.326 e. The first-order valence-electron chi connectivity index (χ1n) is 9.93. The molecule has 14 nitrogen and oxygen atoms in total. The first kappa shape index (κ1) is 28.6. The van der Waals surface area contributed by atoms with Crippen LogP contribution in [0.3, 0.4) is 0 Å². The summed E-state index contributed by atoms with van der Waals surface area (Å²) in [5, 5.41) is 42.2. The third-order valence-electron chi connectivity index (χ3n) is 4.33. The first-order chi connectivity index (χ1) is 14.9. The van der Waals surface area contributed by atoms with Crippen LogP contribution in [0.4, 0.5) is 4.79 Å². The van der Waals surface area contributed by atoms with E-state index < -0.39 is 54.5 Å². The fourth-order valence-corrected chi connectivity index (χ4v) is 2.54. The lowest BCUT2D eigenvalue weighted by Gasteiger charge is -2.18. The Morgan fingerprint density at radius 3 is 1.75 bits per heavy atom. The SMILES string of the molecule is N[C@@H](CCCC(=O)NCCCC[C@H](NC(=O)N[C@@H](CCC(=O)O)C(=O)O)C(=O)O)C(=O)O. The number of unbranched alkanes of at least 4 members (excludes halogenated alkanes) is 1. The van der Waals surface area contributed by atoms with Crippen molar-refractivity contribution in [2.24, 2.45) is 5.73 Å². The van der Waals surface area contributed by atoms with Crippen molar-refractivity contribution >= 4 is 35.8 Å².